The van der Waals surface area contributed by atoms with Crippen LogP contribution in [-0.2, 0) is 11.2 Å². The lowest BCUT2D eigenvalue weighted by molar-refractivity contribution is -0.119. The van der Waals surface area contributed by atoms with Crippen molar-refractivity contribution in [3.05, 3.63) is 35.4 Å². The van der Waals surface area contributed by atoms with Crippen LogP contribution in [0.4, 0.5) is 0 Å². The number of aryl methyl sites for hydroxylation is 1. The van der Waals surface area contributed by atoms with Crippen molar-refractivity contribution < 1.29 is 10.0 Å². The Morgan fingerprint density at radius 3 is 2.65 bits per heavy atom. The number of amides is 1. The van der Waals surface area contributed by atoms with E-state index in [-0.39, 0.29) is 18.2 Å². The molecule has 0 radical (unpaired) electrons. The van der Waals surface area contributed by atoms with E-state index in [1.807, 2.05) is 31.2 Å². The molecule has 0 aliphatic carbocycles. The molecule has 1 rings (SSSR count). The topological polar surface area (TPSA) is 87.7 Å². The fraction of sp³-hybridized carbons (Fsp3) is 0.333. The van der Waals surface area contributed by atoms with E-state index in [2.05, 4.69) is 10.5 Å². The molecule has 5 nitrogen and oxygen atoms in total. The zero-order chi connectivity index (χ0) is 12.7. The van der Waals surface area contributed by atoms with Crippen LogP contribution in [0.5, 0.6) is 0 Å². The molecule has 0 spiro atoms. The first-order valence-electron chi connectivity index (χ1n) is 5.40. The number of nitrogens with zero attached hydrogens (tertiary/aromatic N) is 1. The smallest absolute Gasteiger partial charge is 0.227 e. The van der Waals surface area contributed by atoms with Crippen LogP contribution in [0.25, 0.3) is 0 Å². The molecule has 1 aromatic rings. The van der Waals surface area contributed by atoms with E-state index in [1.54, 1.807) is 0 Å². The fourth-order valence-electron chi connectivity index (χ4n) is 1.36. The van der Waals surface area contributed by atoms with Crippen LogP contribution in [0.2, 0.25) is 0 Å². The van der Waals surface area contributed by atoms with E-state index < -0.39 is 0 Å². The van der Waals surface area contributed by atoms with Crippen LogP contribution < -0.4 is 11.1 Å². The van der Waals surface area contributed by atoms with Gasteiger partial charge in [0.1, 0.15) is 5.84 Å². The predicted octanol–water partition coefficient (Wildman–Crippen LogP) is 0.790. The van der Waals surface area contributed by atoms with Gasteiger partial charge in [-0.05, 0) is 18.9 Å². The first-order valence-corrected chi connectivity index (χ1v) is 5.40. The number of amidine groups is 1. The van der Waals surface area contributed by atoms with Crippen LogP contribution in [0, 0.1) is 6.92 Å². The normalized spacial score (nSPS) is 11.2. The minimum atomic E-state index is -0.243. The zero-order valence-electron chi connectivity index (χ0n) is 9.81. The van der Waals surface area contributed by atoms with Crippen LogP contribution in [0.3, 0.4) is 0 Å². The molecule has 0 saturated heterocycles. The molecule has 0 atom stereocenters. The predicted molar refractivity (Wildman–Crippen MR) is 65.9 cm³/mol. The summed E-state index contributed by atoms with van der Waals surface area (Å²) in [6, 6.07) is 8.14. The van der Waals surface area contributed by atoms with E-state index in [9.17, 15) is 4.79 Å². The summed E-state index contributed by atoms with van der Waals surface area (Å²) < 4.78 is 0. The Morgan fingerprint density at radius 1 is 1.41 bits per heavy atom. The Kier molecular flexibility index (Phi) is 5.00. The van der Waals surface area contributed by atoms with Gasteiger partial charge in [0.15, 0.2) is 0 Å². The van der Waals surface area contributed by atoms with Crippen LogP contribution in [-0.4, -0.2) is 23.5 Å². The van der Waals surface area contributed by atoms with Gasteiger partial charge < -0.3 is 16.3 Å². The number of nitrogens with one attached hydrogen (secondary N) is 1. The minimum absolute atomic E-state index is 0.0790. The van der Waals surface area contributed by atoms with Crippen LogP contribution in [0.1, 0.15) is 17.5 Å². The van der Waals surface area contributed by atoms with Gasteiger partial charge in [0.05, 0.1) is 6.42 Å². The number of carbonyl (C=O) groups is 1. The number of hydrogen-bond donors (Lipinski definition) is 3. The van der Waals surface area contributed by atoms with Gasteiger partial charge in [0.2, 0.25) is 5.91 Å². The van der Waals surface area contributed by atoms with Gasteiger partial charge in [0, 0.05) is 6.54 Å². The highest BCUT2D eigenvalue weighted by molar-refractivity contribution is 5.98. The lowest BCUT2D eigenvalue weighted by Gasteiger charge is -2.05. The summed E-state index contributed by atoms with van der Waals surface area (Å²) in [5.41, 5.74) is 7.59. The number of oxime groups is 1. The zero-order valence-corrected chi connectivity index (χ0v) is 9.81. The third-order valence-electron chi connectivity index (χ3n) is 2.33. The second-order valence-corrected chi connectivity index (χ2v) is 3.85. The molecule has 92 valence electrons. The van der Waals surface area contributed by atoms with Crippen LogP contribution in [0.15, 0.2) is 29.4 Å². The highest BCUT2D eigenvalue weighted by Crippen LogP contribution is 2.03. The second-order valence-electron chi connectivity index (χ2n) is 3.85. The van der Waals surface area contributed by atoms with Gasteiger partial charge in [-0.25, -0.2) is 0 Å². The summed E-state index contributed by atoms with van der Waals surface area (Å²) in [6.07, 6.45) is 0.687. The molecule has 0 fully saturated rings. The summed E-state index contributed by atoms with van der Waals surface area (Å²) in [4.78, 5) is 11.3. The van der Waals surface area contributed by atoms with E-state index in [0.29, 0.717) is 6.54 Å². The van der Waals surface area contributed by atoms with Crippen molar-refractivity contribution in [1.29, 1.82) is 0 Å². The van der Waals surface area contributed by atoms with Crippen molar-refractivity contribution in [2.75, 3.05) is 6.54 Å². The maximum Gasteiger partial charge on any atom is 0.227 e. The molecule has 0 saturated carbocycles. The van der Waals surface area contributed by atoms with Crippen LogP contribution >= 0.6 is 0 Å². The lowest BCUT2D eigenvalue weighted by Crippen LogP contribution is -2.30. The average Bonchev–Trinajstić information content (AvgIpc) is 2.31. The maximum absolute atomic E-state index is 11.3. The maximum atomic E-state index is 11.3. The van der Waals surface area contributed by atoms with Crippen molar-refractivity contribution in [3.8, 4) is 0 Å². The molecular weight excluding hydrogens is 218 g/mol. The largest absolute Gasteiger partial charge is 0.409 e. The highest BCUT2D eigenvalue weighted by atomic mass is 16.4. The molecule has 0 aliphatic rings. The first kappa shape index (κ1) is 13.0. The monoisotopic (exact) mass is 235 g/mol. The summed E-state index contributed by atoms with van der Waals surface area (Å²) in [7, 11) is 0. The molecule has 1 amide bonds. The number of nitrogens with two attached hydrogens (primary N) is 1. The van der Waals surface area contributed by atoms with Crippen molar-refractivity contribution in [1.82, 2.24) is 5.32 Å². The van der Waals surface area contributed by atoms with Gasteiger partial charge in [-0.3, -0.25) is 4.79 Å². The lowest BCUT2D eigenvalue weighted by atomic mass is 10.1. The van der Waals surface area contributed by atoms with E-state index >= 15 is 0 Å². The van der Waals surface area contributed by atoms with Gasteiger partial charge in [0.25, 0.3) is 0 Å². The molecule has 0 bridgehead atoms. The Hall–Kier alpha value is -2.04. The van der Waals surface area contributed by atoms with Gasteiger partial charge in [-0.15, -0.1) is 0 Å². The number of rotatable bonds is 5. The summed E-state index contributed by atoms with van der Waals surface area (Å²) in [6.45, 7) is 2.57. The summed E-state index contributed by atoms with van der Waals surface area (Å²) in [5.74, 6) is -0.328. The van der Waals surface area contributed by atoms with Crippen molar-refractivity contribution in [3.63, 3.8) is 0 Å². The summed E-state index contributed by atoms with van der Waals surface area (Å²) >= 11 is 0. The van der Waals surface area contributed by atoms with E-state index in [0.717, 1.165) is 6.42 Å². The van der Waals surface area contributed by atoms with E-state index in [4.69, 9.17) is 10.9 Å². The Balaban J connectivity index is 2.28. The van der Waals surface area contributed by atoms with Gasteiger partial charge in [-0.2, -0.15) is 0 Å². The number of hydrogen-bond acceptors (Lipinski definition) is 3. The molecular formula is C12H17N3O2. The third-order valence-corrected chi connectivity index (χ3v) is 2.33. The van der Waals surface area contributed by atoms with Gasteiger partial charge in [-0.1, -0.05) is 35.0 Å². The molecule has 1 aromatic carbocycles. The van der Waals surface area contributed by atoms with Crippen molar-refractivity contribution in [2.45, 2.75) is 19.8 Å². The fourth-order valence-corrected chi connectivity index (χ4v) is 1.36. The van der Waals surface area contributed by atoms with Gasteiger partial charge >= 0.3 is 0 Å². The quantitative estimate of drug-likeness (QED) is 0.305. The second kappa shape index (κ2) is 6.52. The van der Waals surface area contributed by atoms with Crippen molar-refractivity contribution >= 4 is 11.7 Å². The standard InChI is InChI=1S/C12H17N3O2/c1-9-2-4-10(5-3-9)6-7-14-12(16)8-11(13)15-17/h2-5,17H,6-8H2,1H3,(H2,13,15)(H,14,16). The molecule has 0 aromatic heterocycles. The Labute approximate surface area is 100 Å². The first-order chi connectivity index (χ1) is 8.11. The van der Waals surface area contributed by atoms with E-state index in [1.165, 1.54) is 11.1 Å². The van der Waals surface area contributed by atoms with Crippen molar-refractivity contribution in [2.24, 2.45) is 10.9 Å². The molecule has 0 unspecified atom stereocenters. The molecule has 17 heavy (non-hydrogen) atoms. The number of carbonyl (C=O) groups excluding carboxylic acids is 1. The average molecular weight is 235 g/mol. The SMILES string of the molecule is Cc1ccc(CCNC(=O)C/C(N)=N/O)cc1. The molecule has 0 heterocycles. The molecule has 5 heteroatoms. The minimum Gasteiger partial charge on any atom is -0.409 e. The summed E-state index contributed by atoms with van der Waals surface area (Å²) in [5, 5.41) is 13.7. The Bertz CT molecular complexity index is 399. The molecule has 4 N–H and O–H groups in total. The number of benzene rings is 1. The third kappa shape index (κ3) is 5.01. The molecule has 0 aliphatic heterocycles. The highest BCUT2D eigenvalue weighted by Gasteiger charge is 2.03. The Morgan fingerprint density at radius 2 is 2.06 bits per heavy atom.